The van der Waals surface area contributed by atoms with Crippen molar-refractivity contribution in [2.75, 3.05) is 0 Å². The lowest BCUT2D eigenvalue weighted by atomic mass is 10.0. The zero-order valence-corrected chi connectivity index (χ0v) is 8.92. The van der Waals surface area contributed by atoms with Gasteiger partial charge in [-0.25, -0.2) is 0 Å². The van der Waals surface area contributed by atoms with E-state index >= 15 is 0 Å². The third-order valence-corrected chi connectivity index (χ3v) is 2.11. The number of carboxylic acid groups (broad SMARTS) is 1. The summed E-state index contributed by atoms with van der Waals surface area (Å²) < 4.78 is 0. The molecular formula is C11H11N3O3. The molecule has 0 spiro atoms. The molecule has 17 heavy (non-hydrogen) atoms. The van der Waals surface area contributed by atoms with Gasteiger partial charge in [0, 0.05) is 6.42 Å². The minimum Gasteiger partial charge on any atom is -0.530 e. The maximum atomic E-state index is 11.5. The first-order valence-electron chi connectivity index (χ1n) is 4.88. The van der Waals surface area contributed by atoms with Gasteiger partial charge in [0.05, 0.1) is 10.3 Å². The van der Waals surface area contributed by atoms with E-state index in [0.29, 0.717) is 0 Å². The number of carbonyl (C=O) groups excluding carboxylic acids is 2. The summed E-state index contributed by atoms with van der Waals surface area (Å²) >= 11 is 0. The lowest BCUT2D eigenvalue weighted by Gasteiger charge is -2.15. The molecule has 2 N–H and O–H groups in total. The Hall–Kier alpha value is -2.46. The van der Waals surface area contributed by atoms with E-state index < -0.39 is 17.9 Å². The summed E-state index contributed by atoms with van der Waals surface area (Å²) in [6, 6.07) is 7.96. The number of hydrogen-bond acceptors (Lipinski definition) is 4. The normalized spacial score (nSPS) is 11.1. The molecule has 0 radical (unpaired) electrons. The summed E-state index contributed by atoms with van der Waals surface area (Å²) in [4.78, 5) is 24.7. The Morgan fingerprint density at radius 2 is 2.06 bits per heavy atom. The molecule has 1 atom stereocenters. The third kappa shape index (κ3) is 4.27. The molecule has 0 heterocycles. The number of nitrogens with zero attached hydrogens (tertiary/aromatic N) is 1. The number of hydrogen-bond donors (Lipinski definition) is 2. The topological polar surface area (TPSA) is 107 Å². The highest BCUT2D eigenvalue weighted by molar-refractivity contribution is 6.28. The molecule has 88 valence electrons. The van der Waals surface area contributed by atoms with Crippen LogP contribution < -0.4 is 10.4 Å². The highest BCUT2D eigenvalue weighted by Gasteiger charge is 2.20. The predicted molar refractivity (Wildman–Crippen MR) is 56.5 cm³/mol. The van der Waals surface area contributed by atoms with E-state index in [1.54, 1.807) is 24.3 Å². The summed E-state index contributed by atoms with van der Waals surface area (Å²) in [5.41, 5.74) is 7.35. The van der Waals surface area contributed by atoms with E-state index in [4.69, 9.17) is 5.53 Å². The van der Waals surface area contributed by atoms with Gasteiger partial charge in [-0.3, -0.25) is 4.79 Å². The SMILES string of the molecule is N=[N+]=CC(=O)C(Cc1ccccc1)NC(=O)[O-]. The molecule has 0 fully saturated rings. The van der Waals surface area contributed by atoms with Gasteiger partial charge in [0.15, 0.2) is 0 Å². The van der Waals surface area contributed by atoms with Crippen LogP contribution in [0.5, 0.6) is 0 Å². The van der Waals surface area contributed by atoms with Crippen molar-refractivity contribution in [1.29, 1.82) is 5.53 Å². The maximum absolute atomic E-state index is 11.5. The van der Waals surface area contributed by atoms with Crippen molar-refractivity contribution in [1.82, 2.24) is 5.32 Å². The van der Waals surface area contributed by atoms with Gasteiger partial charge in [-0.2, -0.15) is 0 Å². The summed E-state index contributed by atoms with van der Waals surface area (Å²) in [5.74, 6) is -0.576. The van der Waals surface area contributed by atoms with Crippen LogP contribution in [-0.4, -0.2) is 28.9 Å². The van der Waals surface area contributed by atoms with Crippen LogP contribution in [0, 0.1) is 5.53 Å². The number of amides is 1. The molecule has 0 saturated heterocycles. The number of ketones is 1. The van der Waals surface area contributed by atoms with Gasteiger partial charge in [-0.15, -0.1) is 0 Å². The highest BCUT2D eigenvalue weighted by Crippen LogP contribution is 2.03. The second-order valence-corrected chi connectivity index (χ2v) is 3.33. The molecule has 1 amide bonds. The second kappa shape index (κ2) is 6.19. The van der Waals surface area contributed by atoms with Crippen molar-refractivity contribution in [3.05, 3.63) is 35.9 Å². The average molecular weight is 233 g/mol. The molecule has 0 bridgehead atoms. The first-order chi connectivity index (χ1) is 8.13. The minimum absolute atomic E-state index is 0.194. The smallest absolute Gasteiger partial charge is 0.374 e. The van der Waals surface area contributed by atoms with E-state index in [9.17, 15) is 14.7 Å². The van der Waals surface area contributed by atoms with Crippen LogP contribution in [0.2, 0.25) is 0 Å². The van der Waals surface area contributed by atoms with Crippen LogP contribution in [0.25, 0.3) is 0 Å². The summed E-state index contributed by atoms with van der Waals surface area (Å²) in [6.45, 7) is 0. The van der Waals surface area contributed by atoms with E-state index in [-0.39, 0.29) is 6.42 Å². The Labute approximate surface area is 97.5 Å². The van der Waals surface area contributed by atoms with Gasteiger partial charge >= 0.3 is 6.21 Å². The van der Waals surface area contributed by atoms with Gasteiger partial charge in [-0.05, 0) is 5.56 Å². The Balaban J connectivity index is 2.80. The fourth-order valence-corrected chi connectivity index (χ4v) is 1.37. The van der Waals surface area contributed by atoms with Gasteiger partial charge in [-0.1, -0.05) is 30.3 Å². The molecule has 1 rings (SSSR count). The molecule has 0 aliphatic heterocycles. The van der Waals surface area contributed by atoms with Crippen molar-refractivity contribution in [3.8, 4) is 0 Å². The van der Waals surface area contributed by atoms with Crippen molar-refractivity contribution in [3.63, 3.8) is 0 Å². The van der Waals surface area contributed by atoms with E-state index in [0.717, 1.165) is 11.8 Å². The fourth-order valence-electron chi connectivity index (χ4n) is 1.37. The lowest BCUT2D eigenvalue weighted by molar-refractivity contribution is -0.251. The molecule has 6 nitrogen and oxygen atoms in total. The third-order valence-electron chi connectivity index (χ3n) is 2.11. The Morgan fingerprint density at radius 3 is 2.59 bits per heavy atom. The first kappa shape index (κ1) is 12.6. The molecular weight excluding hydrogens is 222 g/mol. The number of nitrogens with one attached hydrogen (secondary N) is 2. The summed E-state index contributed by atoms with van der Waals surface area (Å²) in [7, 11) is 0. The molecule has 1 unspecified atom stereocenters. The van der Waals surface area contributed by atoms with Crippen molar-refractivity contribution < 1.29 is 19.5 Å². The Kier molecular flexibility index (Phi) is 4.59. The van der Waals surface area contributed by atoms with E-state index in [1.807, 2.05) is 11.4 Å². The van der Waals surface area contributed by atoms with Crippen LogP contribution in [0.1, 0.15) is 5.56 Å². The number of carbonyl (C=O) groups is 2. The molecule has 0 saturated carbocycles. The van der Waals surface area contributed by atoms with Gasteiger partial charge < -0.3 is 15.2 Å². The van der Waals surface area contributed by atoms with Crippen LogP contribution in [-0.2, 0) is 11.2 Å². The largest absolute Gasteiger partial charge is 0.530 e. The van der Waals surface area contributed by atoms with Gasteiger partial charge in [0.2, 0.25) is 0 Å². The Morgan fingerprint density at radius 1 is 1.41 bits per heavy atom. The zero-order valence-electron chi connectivity index (χ0n) is 8.92. The highest BCUT2D eigenvalue weighted by atomic mass is 16.4. The summed E-state index contributed by atoms with van der Waals surface area (Å²) in [6.07, 6.45) is -0.568. The fraction of sp³-hybridized carbons (Fsp3) is 0.182. The quantitative estimate of drug-likeness (QED) is 0.403. The van der Waals surface area contributed by atoms with Gasteiger partial charge in [0.1, 0.15) is 12.1 Å². The Bertz CT molecular complexity index is 452. The minimum atomic E-state index is -1.53. The van der Waals surface area contributed by atoms with E-state index in [2.05, 4.69) is 4.79 Å². The van der Waals surface area contributed by atoms with Gasteiger partial charge in [0.25, 0.3) is 5.78 Å². The van der Waals surface area contributed by atoms with Crippen molar-refractivity contribution >= 4 is 18.1 Å². The van der Waals surface area contributed by atoms with Crippen LogP contribution in [0.4, 0.5) is 4.79 Å². The average Bonchev–Trinajstić information content (AvgIpc) is 2.29. The lowest BCUT2D eigenvalue weighted by Crippen LogP contribution is -2.48. The standard InChI is InChI=1S/C11H11N3O3/c12-13-7-10(15)9(14-11(16)17)6-8-4-2-1-3-5-8/h1-5,7,9,12,14H,6H2. The maximum Gasteiger partial charge on any atom is 0.374 e. The van der Waals surface area contributed by atoms with Crippen LogP contribution in [0.15, 0.2) is 30.3 Å². The summed E-state index contributed by atoms with van der Waals surface area (Å²) in [5, 5.41) is 12.4. The predicted octanol–water partition coefficient (Wildman–Crippen LogP) is -0.590. The molecule has 0 aliphatic carbocycles. The van der Waals surface area contributed by atoms with Crippen LogP contribution in [0.3, 0.4) is 0 Å². The zero-order chi connectivity index (χ0) is 12.7. The first-order valence-corrected chi connectivity index (χ1v) is 4.88. The molecule has 1 aromatic rings. The number of Topliss-reactive ketones (excluding diaryl/α,β-unsaturated/α-hetero) is 1. The monoisotopic (exact) mass is 233 g/mol. The molecule has 6 heteroatoms. The van der Waals surface area contributed by atoms with Crippen LogP contribution >= 0.6 is 0 Å². The molecule has 0 aromatic heterocycles. The second-order valence-electron chi connectivity index (χ2n) is 3.33. The van der Waals surface area contributed by atoms with Crippen molar-refractivity contribution in [2.24, 2.45) is 0 Å². The van der Waals surface area contributed by atoms with Crippen molar-refractivity contribution in [2.45, 2.75) is 12.5 Å². The number of benzene rings is 1. The van der Waals surface area contributed by atoms with E-state index in [1.165, 1.54) is 0 Å². The number of rotatable bonds is 5. The molecule has 1 aromatic carbocycles. The molecule has 0 aliphatic rings.